The summed E-state index contributed by atoms with van der Waals surface area (Å²) in [5.74, 6) is 0. The molecule has 4 heteroatoms. The zero-order valence-corrected chi connectivity index (χ0v) is 8.37. The molecule has 0 rings (SSSR count). The molecule has 0 heterocycles. The summed E-state index contributed by atoms with van der Waals surface area (Å²) in [5, 5.41) is 0. The summed E-state index contributed by atoms with van der Waals surface area (Å²) in [7, 11) is 0. The first-order valence-electron chi connectivity index (χ1n) is 0. The topological polar surface area (TPSA) is 0 Å². The third-order valence-electron chi connectivity index (χ3n) is 0. The molecule has 0 aromatic carbocycles. The maximum Gasteiger partial charge on any atom is 0 e. The van der Waals surface area contributed by atoms with Crippen LogP contribution < -0.4 is 0 Å². The second-order valence-corrected chi connectivity index (χ2v) is 0. The third-order valence-corrected chi connectivity index (χ3v) is 0. The Bertz CT molecular complexity index is 8.00. The fourth-order valence-electron chi connectivity index (χ4n) is 0. The van der Waals surface area contributed by atoms with Crippen molar-refractivity contribution in [3.63, 3.8) is 0 Å². The van der Waals surface area contributed by atoms with Gasteiger partial charge in [-0.25, -0.2) is 0 Å². The average Bonchev–Trinajstić information content (AvgIpc) is 0. The molecule has 0 saturated heterocycles. The molecule has 0 aromatic rings. The van der Waals surface area contributed by atoms with E-state index in [1.807, 2.05) is 0 Å². The van der Waals surface area contributed by atoms with Crippen LogP contribution in [-0.2, 0) is 22.4 Å². The van der Waals surface area contributed by atoms with Crippen molar-refractivity contribution in [2.75, 3.05) is 0 Å². The molecular weight excluding hydrogens is 282 g/mol. The minimum absolute atomic E-state index is 0. The van der Waals surface area contributed by atoms with Gasteiger partial charge in [-0.2, -0.15) is 0 Å². The molecule has 0 spiro atoms. The van der Waals surface area contributed by atoms with Crippen LogP contribution in [0.5, 0.6) is 0 Å². The standard InChI is InChI=1S/Ag.Al.Si.Sn. The van der Waals surface area contributed by atoms with Crippen molar-refractivity contribution in [1.82, 2.24) is 0 Å². The van der Waals surface area contributed by atoms with Crippen molar-refractivity contribution in [3.8, 4) is 0 Å². The summed E-state index contributed by atoms with van der Waals surface area (Å²) in [6.45, 7) is 0. The van der Waals surface area contributed by atoms with Crippen LogP contribution in [0.3, 0.4) is 0 Å². The van der Waals surface area contributed by atoms with Crippen LogP contribution in [0.1, 0.15) is 0 Å². The summed E-state index contributed by atoms with van der Waals surface area (Å²) in [4.78, 5) is 0. The number of hydrogen-bond acceptors (Lipinski definition) is 0. The van der Waals surface area contributed by atoms with Gasteiger partial charge < -0.3 is 0 Å². The molecule has 0 saturated carbocycles. The molecule has 0 aliphatic rings. The van der Waals surface area contributed by atoms with Crippen molar-refractivity contribution in [2.24, 2.45) is 0 Å². The largest absolute Gasteiger partial charge is 0 e. The van der Waals surface area contributed by atoms with Gasteiger partial charge in [0.1, 0.15) is 0 Å². The third kappa shape index (κ3) is 8.86. The van der Waals surface area contributed by atoms with Crippen LogP contribution in [0.2, 0.25) is 0 Å². The quantitative estimate of drug-likeness (QED) is 0.492. The Hall–Kier alpha value is 2.29. The van der Waals surface area contributed by atoms with E-state index in [0.29, 0.717) is 0 Å². The summed E-state index contributed by atoms with van der Waals surface area (Å²) in [5.41, 5.74) is 0. The smallest absolute Gasteiger partial charge is 0 e. The average molecular weight is 282 g/mol. The molecule has 0 amide bonds. The second-order valence-electron chi connectivity index (χ2n) is 0. The monoisotopic (exact) mass is 282 g/mol. The normalized spacial score (nSPS) is 0. The Balaban J connectivity index is 0. The Morgan fingerprint density at radius 1 is 1.00 bits per heavy atom. The maximum atomic E-state index is 0. The molecule has 12 radical (unpaired) electrons. The van der Waals surface area contributed by atoms with E-state index in [4.69, 9.17) is 0 Å². The molecule has 22 valence electrons. The van der Waals surface area contributed by atoms with Crippen LogP contribution in [0.15, 0.2) is 0 Å². The zero-order chi connectivity index (χ0) is 0. The van der Waals surface area contributed by atoms with Crippen LogP contribution in [0, 0.1) is 0 Å². The molecule has 0 aliphatic heterocycles. The van der Waals surface area contributed by atoms with Crippen LogP contribution >= 0.6 is 0 Å². The van der Waals surface area contributed by atoms with Gasteiger partial charge in [-0.15, -0.1) is 0 Å². The van der Waals surface area contributed by atoms with Gasteiger partial charge in [-0.1, -0.05) is 0 Å². The van der Waals surface area contributed by atoms with E-state index in [-0.39, 0.29) is 74.6 Å². The predicted octanol–water partition coefficient (Wildman–Crippen LogP) is -1.14. The Morgan fingerprint density at radius 2 is 1.00 bits per heavy atom. The van der Waals surface area contributed by atoms with Crippen molar-refractivity contribution >= 4 is 52.2 Å². The van der Waals surface area contributed by atoms with Crippen LogP contribution in [0.4, 0.5) is 0 Å². The minimum atomic E-state index is 0. The number of rotatable bonds is 0. The van der Waals surface area contributed by atoms with Crippen LogP contribution in [-0.4, -0.2) is 52.2 Å². The molecule has 0 fully saturated rings. The Labute approximate surface area is 73.7 Å². The van der Waals surface area contributed by atoms with E-state index in [0.717, 1.165) is 0 Å². The van der Waals surface area contributed by atoms with Gasteiger partial charge in [0.25, 0.3) is 0 Å². The minimum Gasteiger partial charge on any atom is 0 e. The van der Waals surface area contributed by atoms with E-state index in [2.05, 4.69) is 0 Å². The first kappa shape index (κ1) is 33.6. The van der Waals surface area contributed by atoms with Crippen molar-refractivity contribution < 1.29 is 22.4 Å². The molecule has 0 atom stereocenters. The van der Waals surface area contributed by atoms with Crippen molar-refractivity contribution in [2.45, 2.75) is 0 Å². The Kier molecular flexibility index (Phi) is 156. The van der Waals surface area contributed by atoms with E-state index < -0.39 is 0 Å². The van der Waals surface area contributed by atoms with Gasteiger partial charge >= 0.3 is 0 Å². The predicted molar refractivity (Wildman–Crippen MR) is 17.3 cm³/mol. The van der Waals surface area contributed by atoms with E-state index in [1.54, 1.807) is 0 Å². The summed E-state index contributed by atoms with van der Waals surface area (Å²) >= 11 is 0. The van der Waals surface area contributed by atoms with Gasteiger partial charge in [0.05, 0.1) is 0 Å². The molecule has 0 nitrogen and oxygen atoms in total. The van der Waals surface area contributed by atoms with Gasteiger partial charge in [-0.3, -0.25) is 0 Å². The van der Waals surface area contributed by atoms with E-state index >= 15 is 0 Å². The molecule has 0 N–H and O–H groups in total. The zero-order valence-electron chi connectivity index (χ0n) is 1.88. The van der Waals surface area contributed by atoms with E-state index in [9.17, 15) is 0 Å². The fourth-order valence-corrected chi connectivity index (χ4v) is 0. The van der Waals surface area contributed by atoms with Crippen molar-refractivity contribution in [1.29, 1.82) is 0 Å². The fraction of sp³-hybridized carbons (Fsp3) is 0. The molecule has 0 unspecified atom stereocenters. The van der Waals surface area contributed by atoms with E-state index in [1.165, 1.54) is 0 Å². The molecule has 4 heavy (non-hydrogen) atoms. The Morgan fingerprint density at radius 3 is 1.00 bits per heavy atom. The first-order valence-corrected chi connectivity index (χ1v) is 0. The molecule has 0 aliphatic carbocycles. The van der Waals surface area contributed by atoms with Crippen molar-refractivity contribution in [3.05, 3.63) is 0 Å². The van der Waals surface area contributed by atoms with Gasteiger partial charge in [0.2, 0.25) is 0 Å². The van der Waals surface area contributed by atoms with Crippen LogP contribution in [0.25, 0.3) is 0 Å². The summed E-state index contributed by atoms with van der Waals surface area (Å²) < 4.78 is 0. The number of hydrogen-bond donors (Lipinski definition) is 0. The second kappa shape index (κ2) is 18.6. The SMILES string of the molecule is [Ag].[Al].[Si].[Sn]. The summed E-state index contributed by atoms with van der Waals surface area (Å²) in [6.07, 6.45) is 0. The molecule has 0 aromatic heterocycles. The van der Waals surface area contributed by atoms with Gasteiger partial charge in [0, 0.05) is 74.6 Å². The molecule has 0 bridgehead atoms. The summed E-state index contributed by atoms with van der Waals surface area (Å²) in [6, 6.07) is 0. The first-order chi connectivity index (χ1) is 0. The van der Waals surface area contributed by atoms with Gasteiger partial charge in [-0.05, 0) is 0 Å². The maximum absolute atomic E-state index is 0. The van der Waals surface area contributed by atoms with Gasteiger partial charge in [0.15, 0.2) is 0 Å². The molecular formula is AgAlSiSn.